The summed E-state index contributed by atoms with van der Waals surface area (Å²) < 4.78 is 7.90. The first kappa shape index (κ1) is 19.4. The average molecular weight is 448 g/mol. The Labute approximate surface area is 161 Å². The van der Waals surface area contributed by atoms with Crippen molar-refractivity contribution in [3.8, 4) is 0 Å². The molecule has 2 fully saturated rings. The number of aryl methyl sites for hydroxylation is 1. The van der Waals surface area contributed by atoms with Crippen molar-refractivity contribution in [2.75, 3.05) is 13.7 Å². The monoisotopic (exact) mass is 448 g/mol. The first-order valence-corrected chi connectivity index (χ1v) is 8.54. The third-order valence-corrected chi connectivity index (χ3v) is 5.57. The summed E-state index contributed by atoms with van der Waals surface area (Å²) in [5.74, 6) is 2.65. The average Bonchev–Trinajstić information content (AvgIpc) is 2.79. The number of ether oxygens (including phenoxy) is 1. The van der Waals surface area contributed by atoms with E-state index >= 15 is 0 Å². The third kappa shape index (κ3) is 3.40. The van der Waals surface area contributed by atoms with Crippen molar-refractivity contribution >= 4 is 29.9 Å². The number of nitrogens with one attached hydrogen (secondary N) is 2. The molecule has 2 N–H and O–H groups in total. The molecule has 24 heavy (non-hydrogen) atoms. The zero-order valence-corrected chi connectivity index (χ0v) is 17.3. The summed E-state index contributed by atoms with van der Waals surface area (Å²) in [6.07, 6.45) is 5.31. The number of hydrogen-bond donors (Lipinski definition) is 2. The second kappa shape index (κ2) is 7.99. The lowest BCUT2D eigenvalue weighted by atomic mass is 9.51. The number of halogens is 1. The second-order valence-electron chi connectivity index (χ2n) is 6.61. The van der Waals surface area contributed by atoms with E-state index in [4.69, 9.17) is 4.74 Å². The maximum atomic E-state index is 5.91. The topological polar surface area (TPSA) is 76.4 Å². The van der Waals surface area contributed by atoms with Crippen molar-refractivity contribution < 1.29 is 4.74 Å². The highest BCUT2D eigenvalue weighted by molar-refractivity contribution is 14.0. The molecule has 0 aromatic carbocycles. The molecule has 2 aliphatic rings. The van der Waals surface area contributed by atoms with E-state index in [1.165, 1.54) is 19.3 Å². The zero-order chi connectivity index (χ0) is 16.4. The van der Waals surface area contributed by atoms with Gasteiger partial charge in [-0.2, -0.15) is 0 Å². The molecule has 1 aromatic rings. The van der Waals surface area contributed by atoms with Gasteiger partial charge in [0.25, 0.3) is 0 Å². The Hall–Kier alpha value is -0.900. The Balaban J connectivity index is 0.00000208. The molecule has 3 rings (SSSR count). The van der Waals surface area contributed by atoms with Crippen molar-refractivity contribution in [1.29, 1.82) is 0 Å². The number of guanidine groups is 1. The first-order valence-electron chi connectivity index (χ1n) is 8.54. The van der Waals surface area contributed by atoms with E-state index in [0.29, 0.717) is 24.1 Å². The van der Waals surface area contributed by atoms with Gasteiger partial charge in [-0.1, -0.05) is 6.42 Å². The molecule has 7 nitrogen and oxygen atoms in total. The van der Waals surface area contributed by atoms with Crippen LogP contribution >= 0.6 is 24.0 Å². The number of aromatic nitrogens is 3. The molecule has 2 aliphatic carbocycles. The summed E-state index contributed by atoms with van der Waals surface area (Å²) in [4.78, 5) is 4.35. The fourth-order valence-corrected chi connectivity index (χ4v) is 3.77. The molecule has 1 heterocycles. The van der Waals surface area contributed by atoms with Gasteiger partial charge in [0.05, 0.1) is 12.6 Å². The van der Waals surface area contributed by atoms with Crippen LogP contribution in [0.5, 0.6) is 0 Å². The fraction of sp³-hybridized carbons (Fsp3) is 0.812. The van der Waals surface area contributed by atoms with Crippen molar-refractivity contribution in [1.82, 2.24) is 25.4 Å². The van der Waals surface area contributed by atoms with Gasteiger partial charge in [0.1, 0.15) is 5.82 Å². The number of nitrogens with zero attached hydrogens (tertiary/aromatic N) is 4. The lowest BCUT2D eigenvalue weighted by molar-refractivity contribution is -0.168. The van der Waals surface area contributed by atoms with Crippen LogP contribution in [0.15, 0.2) is 4.99 Å². The van der Waals surface area contributed by atoms with Crippen LogP contribution in [-0.2, 0) is 18.3 Å². The van der Waals surface area contributed by atoms with E-state index in [0.717, 1.165) is 30.6 Å². The standard InChI is InChI=1S/C16H28N6O.HI/c1-5-23-13-9-12(16(13)7-6-8-16)19-15(17-3)18-10-14-21-20-11(2)22(14)4;/h12-13H,5-10H2,1-4H3,(H2,17,18,19);1H. The Bertz CT molecular complexity index is 583. The van der Waals surface area contributed by atoms with Crippen molar-refractivity contribution in [2.45, 2.75) is 58.2 Å². The normalized spacial score (nSPS) is 24.8. The molecule has 8 heteroatoms. The molecular weight excluding hydrogens is 419 g/mol. The molecule has 0 amide bonds. The Morgan fingerprint density at radius 3 is 2.67 bits per heavy atom. The highest BCUT2D eigenvalue weighted by atomic mass is 127. The van der Waals surface area contributed by atoms with Crippen LogP contribution in [0.25, 0.3) is 0 Å². The molecule has 0 bridgehead atoms. The highest BCUT2D eigenvalue weighted by Crippen LogP contribution is 2.57. The van der Waals surface area contributed by atoms with Gasteiger partial charge in [0.2, 0.25) is 0 Å². The maximum absolute atomic E-state index is 5.91. The minimum absolute atomic E-state index is 0. The lowest BCUT2D eigenvalue weighted by Crippen LogP contribution is -2.68. The van der Waals surface area contributed by atoms with Gasteiger partial charge < -0.3 is 19.9 Å². The Morgan fingerprint density at radius 1 is 1.42 bits per heavy atom. The van der Waals surface area contributed by atoms with Gasteiger partial charge in [-0.05, 0) is 33.1 Å². The smallest absolute Gasteiger partial charge is 0.191 e. The summed E-state index contributed by atoms with van der Waals surface area (Å²) >= 11 is 0. The van der Waals surface area contributed by atoms with Crippen LogP contribution in [0.4, 0.5) is 0 Å². The quantitative estimate of drug-likeness (QED) is 0.408. The van der Waals surface area contributed by atoms with E-state index in [1.54, 1.807) is 0 Å². The van der Waals surface area contributed by atoms with Crippen molar-refractivity contribution in [3.05, 3.63) is 11.6 Å². The van der Waals surface area contributed by atoms with Crippen molar-refractivity contribution in [2.24, 2.45) is 17.5 Å². The molecule has 2 unspecified atom stereocenters. The van der Waals surface area contributed by atoms with E-state index in [1.807, 2.05) is 25.6 Å². The molecule has 0 saturated heterocycles. The summed E-state index contributed by atoms with van der Waals surface area (Å²) in [6.45, 7) is 5.45. The van der Waals surface area contributed by atoms with Gasteiger partial charge in [-0.15, -0.1) is 34.2 Å². The molecular formula is C16H29IN6O. The van der Waals surface area contributed by atoms with Crippen LogP contribution in [0.3, 0.4) is 0 Å². The van der Waals surface area contributed by atoms with Crippen LogP contribution in [0.1, 0.15) is 44.3 Å². The van der Waals surface area contributed by atoms with Crippen LogP contribution < -0.4 is 10.6 Å². The minimum Gasteiger partial charge on any atom is -0.378 e. The van der Waals surface area contributed by atoms with Gasteiger partial charge in [-0.3, -0.25) is 4.99 Å². The fourth-order valence-electron chi connectivity index (χ4n) is 3.77. The molecule has 0 radical (unpaired) electrons. The van der Waals surface area contributed by atoms with Crippen molar-refractivity contribution in [3.63, 3.8) is 0 Å². The molecule has 2 atom stereocenters. The maximum Gasteiger partial charge on any atom is 0.191 e. The number of rotatable bonds is 5. The SMILES string of the molecule is CCOC1CC(NC(=NC)NCc2nnc(C)n2C)C12CCC2.I. The van der Waals surface area contributed by atoms with Crippen LogP contribution in [0, 0.1) is 12.3 Å². The number of aliphatic imine (C=N–C) groups is 1. The predicted molar refractivity (Wildman–Crippen MR) is 105 cm³/mol. The van der Waals surface area contributed by atoms with Crippen LogP contribution in [0.2, 0.25) is 0 Å². The lowest BCUT2D eigenvalue weighted by Gasteiger charge is -2.61. The minimum atomic E-state index is 0. The third-order valence-electron chi connectivity index (χ3n) is 5.57. The van der Waals surface area contributed by atoms with E-state index in [9.17, 15) is 0 Å². The van der Waals surface area contributed by atoms with Gasteiger partial charge in [0.15, 0.2) is 11.8 Å². The van der Waals surface area contributed by atoms with Crippen LogP contribution in [-0.4, -0.2) is 46.5 Å². The summed E-state index contributed by atoms with van der Waals surface area (Å²) in [5.41, 5.74) is 0.328. The largest absolute Gasteiger partial charge is 0.378 e. The van der Waals surface area contributed by atoms with E-state index in [2.05, 4.69) is 32.7 Å². The molecule has 1 spiro atoms. The van der Waals surface area contributed by atoms with E-state index in [-0.39, 0.29) is 24.0 Å². The summed E-state index contributed by atoms with van der Waals surface area (Å²) in [5, 5.41) is 15.2. The molecule has 2 saturated carbocycles. The number of hydrogen-bond acceptors (Lipinski definition) is 4. The zero-order valence-electron chi connectivity index (χ0n) is 15.0. The van der Waals surface area contributed by atoms with Gasteiger partial charge in [-0.25, -0.2) is 0 Å². The Morgan fingerprint density at radius 2 is 2.17 bits per heavy atom. The second-order valence-corrected chi connectivity index (χ2v) is 6.61. The molecule has 1 aromatic heterocycles. The predicted octanol–water partition coefficient (Wildman–Crippen LogP) is 1.75. The Kier molecular flexibility index (Phi) is 6.46. The molecule has 136 valence electrons. The highest BCUT2D eigenvalue weighted by Gasteiger charge is 2.59. The summed E-state index contributed by atoms with van der Waals surface area (Å²) in [7, 11) is 3.79. The summed E-state index contributed by atoms with van der Waals surface area (Å²) in [6, 6.07) is 0.459. The molecule has 0 aliphatic heterocycles. The van der Waals surface area contributed by atoms with E-state index < -0.39 is 0 Å². The van der Waals surface area contributed by atoms with Gasteiger partial charge >= 0.3 is 0 Å². The van der Waals surface area contributed by atoms with Gasteiger partial charge in [0, 0.05) is 32.2 Å². The first-order chi connectivity index (χ1) is 11.1.